The number of amides is 3. The summed E-state index contributed by atoms with van der Waals surface area (Å²) in [4.78, 5) is 36.8. The Kier molecular flexibility index (Phi) is 6.89. The van der Waals surface area contributed by atoms with Gasteiger partial charge in [-0.3, -0.25) is 14.4 Å². The molecule has 152 valence electrons. The van der Waals surface area contributed by atoms with Crippen LogP contribution in [-0.2, 0) is 22.7 Å². The Balaban J connectivity index is 1.59. The first-order valence-corrected chi connectivity index (χ1v) is 9.27. The van der Waals surface area contributed by atoms with Crippen LogP contribution in [0.2, 0.25) is 0 Å². The van der Waals surface area contributed by atoms with Crippen LogP contribution in [-0.4, -0.2) is 17.7 Å². The van der Waals surface area contributed by atoms with Crippen LogP contribution in [0.5, 0.6) is 0 Å². The molecule has 3 aromatic carbocycles. The average Bonchev–Trinajstić information content (AvgIpc) is 2.78. The third-order valence-electron chi connectivity index (χ3n) is 4.29. The van der Waals surface area contributed by atoms with Gasteiger partial charge >= 0.3 is 11.8 Å². The van der Waals surface area contributed by atoms with E-state index in [-0.39, 0.29) is 29.5 Å². The van der Waals surface area contributed by atoms with Gasteiger partial charge in [0.05, 0.1) is 11.3 Å². The summed E-state index contributed by atoms with van der Waals surface area (Å²) in [7, 11) is 0. The minimum Gasteiger partial charge on any atom is -0.348 e. The molecule has 3 N–H and O–H groups in total. The molecule has 0 aliphatic carbocycles. The van der Waals surface area contributed by atoms with Crippen LogP contribution in [0.1, 0.15) is 21.5 Å². The second-order valence-electron chi connectivity index (χ2n) is 6.48. The second kappa shape index (κ2) is 9.97. The predicted molar refractivity (Wildman–Crippen MR) is 111 cm³/mol. The lowest BCUT2D eigenvalue weighted by Crippen LogP contribution is -2.35. The second-order valence-corrected chi connectivity index (χ2v) is 6.48. The van der Waals surface area contributed by atoms with Gasteiger partial charge in [0.15, 0.2) is 0 Å². The van der Waals surface area contributed by atoms with E-state index in [1.54, 1.807) is 24.3 Å². The van der Waals surface area contributed by atoms with Gasteiger partial charge < -0.3 is 16.0 Å². The van der Waals surface area contributed by atoms with E-state index in [4.69, 9.17) is 0 Å². The van der Waals surface area contributed by atoms with Gasteiger partial charge in [-0.05, 0) is 35.4 Å². The summed E-state index contributed by atoms with van der Waals surface area (Å²) in [5.74, 6) is -2.52. The zero-order chi connectivity index (χ0) is 21.3. The Morgan fingerprint density at radius 3 is 2.00 bits per heavy atom. The van der Waals surface area contributed by atoms with Crippen LogP contribution in [0.3, 0.4) is 0 Å². The van der Waals surface area contributed by atoms with Crippen molar-refractivity contribution in [2.24, 2.45) is 0 Å². The van der Waals surface area contributed by atoms with Crippen molar-refractivity contribution >= 4 is 23.4 Å². The third-order valence-corrected chi connectivity index (χ3v) is 4.29. The molecule has 0 bridgehead atoms. The molecule has 0 spiro atoms. The van der Waals surface area contributed by atoms with Crippen molar-refractivity contribution in [2.75, 3.05) is 5.32 Å². The van der Waals surface area contributed by atoms with Crippen molar-refractivity contribution in [3.63, 3.8) is 0 Å². The highest BCUT2D eigenvalue weighted by atomic mass is 19.1. The number of benzene rings is 3. The van der Waals surface area contributed by atoms with Gasteiger partial charge in [-0.2, -0.15) is 0 Å². The summed E-state index contributed by atoms with van der Waals surface area (Å²) in [5.41, 5.74) is 2.06. The maximum atomic E-state index is 12.9. The zero-order valence-corrected chi connectivity index (χ0v) is 16.0. The monoisotopic (exact) mass is 405 g/mol. The lowest BCUT2D eigenvalue weighted by atomic mass is 10.1. The van der Waals surface area contributed by atoms with E-state index < -0.39 is 11.8 Å². The maximum absolute atomic E-state index is 12.9. The number of anilines is 1. The molecule has 3 rings (SSSR count). The number of para-hydroxylation sites is 1. The fourth-order valence-electron chi connectivity index (χ4n) is 2.71. The Hall–Kier alpha value is -4.00. The molecule has 0 saturated carbocycles. The molecular weight excluding hydrogens is 385 g/mol. The van der Waals surface area contributed by atoms with Crippen LogP contribution in [0.15, 0.2) is 78.9 Å². The van der Waals surface area contributed by atoms with Gasteiger partial charge in [-0.15, -0.1) is 0 Å². The number of rotatable bonds is 6. The Morgan fingerprint density at radius 2 is 1.27 bits per heavy atom. The standard InChI is InChI=1S/C23H20FN3O3/c24-18-12-10-17(11-13-18)15-26-22(29)23(30)27-20-9-5-4-8-19(20)21(28)25-14-16-6-2-1-3-7-16/h1-13H,14-15H2,(H,25,28)(H,26,29)(H,27,30). The topological polar surface area (TPSA) is 87.3 Å². The van der Waals surface area contributed by atoms with E-state index in [1.165, 1.54) is 24.3 Å². The molecule has 0 aliphatic heterocycles. The number of nitrogens with one attached hydrogen (secondary N) is 3. The number of halogens is 1. The minimum absolute atomic E-state index is 0.0751. The highest BCUT2D eigenvalue weighted by molar-refractivity contribution is 6.40. The number of hydrogen-bond acceptors (Lipinski definition) is 3. The Morgan fingerprint density at radius 1 is 0.667 bits per heavy atom. The zero-order valence-electron chi connectivity index (χ0n) is 16.0. The molecule has 3 aromatic rings. The maximum Gasteiger partial charge on any atom is 0.313 e. The fraction of sp³-hybridized carbons (Fsp3) is 0.0870. The van der Waals surface area contributed by atoms with Crippen LogP contribution < -0.4 is 16.0 Å². The number of carbonyl (C=O) groups excluding carboxylic acids is 3. The van der Waals surface area contributed by atoms with Crippen LogP contribution >= 0.6 is 0 Å². The summed E-state index contributed by atoms with van der Waals surface area (Å²) in [6.07, 6.45) is 0. The molecule has 3 amide bonds. The molecule has 0 atom stereocenters. The lowest BCUT2D eigenvalue weighted by molar-refractivity contribution is -0.136. The van der Waals surface area contributed by atoms with E-state index in [0.29, 0.717) is 12.1 Å². The third kappa shape index (κ3) is 5.75. The van der Waals surface area contributed by atoms with Crippen molar-refractivity contribution in [3.05, 3.63) is 101 Å². The molecule has 7 heteroatoms. The van der Waals surface area contributed by atoms with E-state index >= 15 is 0 Å². The normalized spacial score (nSPS) is 10.2. The lowest BCUT2D eigenvalue weighted by Gasteiger charge is -2.12. The van der Waals surface area contributed by atoms with E-state index in [0.717, 1.165) is 5.56 Å². The Bertz CT molecular complexity index is 1040. The number of carbonyl (C=O) groups is 3. The van der Waals surface area contributed by atoms with E-state index in [9.17, 15) is 18.8 Å². The first-order valence-electron chi connectivity index (χ1n) is 9.27. The van der Waals surface area contributed by atoms with Crippen LogP contribution in [0, 0.1) is 5.82 Å². The van der Waals surface area contributed by atoms with E-state index in [2.05, 4.69) is 16.0 Å². The van der Waals surface area contributed by atoms with Gasteiger partial charge in [-0.1, -0.05) is 54.6 Å². The highest BCUT2D eigenvalue weighted by Gasteiger charge is 2.17. The smallest absolute Gasteiger partial charge is 0.313 e. The van der Waals surface area contributed by atoms with Crippen molar-refractivity contribution in [3.8, 4) is 0 Å². The molecule has 0 aromatic heterocycles. The number of hydrogen-bond donors (Lipinski definition) is 3. The van der Waals surface area contributed by atoms with Crippen LogP contribution in [0.25, 0.3) is 0 Å². The van der Waals surface area contributed by atoms with E-state index in [1.807, 2.05) is 30.3 Å². The molecule has 0 saturated heterocycles. The molecule has 0 radical (unpaired) electrons. The van der Waals surface area contributed by atoms with Gasteiger partial charge in [-0.25, -0.2) is 4.39 Å². The SMILES string of the molecule is O=C(NCc1ccc(F)cc1)C(=O)Nc1ccccc1C(=O)NCc1ccccc1. The largest absolute Gasteiger partial charge is 0.348 e. The Labute approximate surface area is 173 Å². The summed E-state index contributed by atoms with van der Waals surface area (Å²) >= 11 is 0. The van der Waals surface area contributed by atoms with Crippen molar-refractivity contribution in [1.82, 2.24) is 10.6 Å². The molecular formula is C23H20FN3O3. The molecule has 0 heterocycles. The molecule has 0 fully saturated rings. The predicted octanol–water partition coefficient (Wildman–Crippen LogP) is 3.01. The first-order chi connectivity index (χ1) is 14.5. The van der Waals surface area contributed by atoms with Crippen molar-refractivity contribution < 1.29 is 18.8 Å². The average molecular weight is 405 g/mol. The van der Waals surface area contributed by atoms with Crippen molar-refractivity contribution in [1.29, 1.82) is 0 Å². The first kappa shape index (κ1) is 20.7. The highest BCUT2D eigenvalue weighted by Crippen LogP contribution is 2.15. The summed E-state index contributed by atoms with van der Waals surface area (Å²) in [5, 5.41) is 7.71. The van der Waals surface area contributed by atoms with Gasteiger partial charge in [0.25, 0.3) is 5.91 Å². The van der Waals surface area contributed by atoms with Gasteiger partial charge in [0, 0.05) is 13.1 Å². The molecule has 6 nitrogen and oxygen atoms in total. The van der Waals surface area contributed by atoms with Gasteiger partial charge in [0.2, 0.25) is 0 Å². The fourth-order valence-corrected chi connectivity index (χ4v) is 2.71. The molecule has 0 unspecified atom stereocenters. The summed E-state index contributed by atoms with van der Waals surface area (Å²) in [6.45, 7) is 0.409. The van der Waals surface area contributed by atoms with Crippen LogP contribution in [0.4, 0.5) is 10.1 Å². The minimum atomic E-state index is -0.902. The molecule has 0 aliphatic rings. The summed E-state index contributed by atoms with van der Waals surface area (Å²) < 4.78 is 12.9. The molecule has 30 heavy (non-hydrogen) atoms. The summed E-state index contributed by atoms with van der Waals surface area (Å²) in [6, 6.07) is 21.4. The van der Waals surface area contributed by atoms with Gasteiger partial charge in [0.1, 0.15) is 5.82 Å². The quantitative estimate of drug-likeness (QED) is 0.551. The van der Waals surface area contributed by atoms with Crippen molar-refractivity contribution in [2.45, 2.75) is 13.1 Å².